The molecule has 0 saturated carbocycles. The molecule has 1 heterocycles. The second-order valence-electron chi connectivity index (χ2n) is 4.76. The summed E-state index contributed by atoms with van der Waals surface area (Å²) < 4.78 is 0. The van der Waals surface area contributed by atoms with Crippen LogP contribution in [0, 0.1) is 6.92 Å². The van der Waals surface area contributed by atoms with Gasteiger partial charge >= 0.3 is 0 Å². The molecule has 0 saturated heterocycles. The van der Waals surface area contributed by atoms with E-state index in [0.29, 0.717) is 16.5 Å². The average molecular weight is 310 g/mol. The summed E-state index contributed by atoms with van der Waals surface area (Å²) in [5.74, 6) is 0.785. The van der Waals surface area contributed by atoms with E-state index < -0.39 is 0 Å². The summed E-state index contributed by atoms with van der Waals surface area (Å²) in [7, 11) is 1.92. The summed E-state index contributed by atoms with van der Waals surface area (Å²) in [5.41, 5.74) is 3.16. The number of benzene rings is 1. The highest BCUT2D eigenvalue weighted by molar-refractivity contribution is 6.42. The van der Waals surface area contributed by atoms with Crippen LogP contribution >= 0.6 is 23.2 Å². The van der Waals surface area contributed by atoms with Crippen LogP contribution in [0.1, 0.15) is 35.6 Å². The maximum atomic E-state index is 6.02. The van der Waals surface area contributed by atoms with Crippen LogP contribution in [-0.4, -0.2) is 17.0 Å². The number of rotatable bonds is 4. The van der Waals surface area contributed by atoms with Crippen molar-refractivity contribution in [2.45, 2.75) is 26.3 Å². The summed E-state index contributed by atoms with van der Waals surface area (Å²) in [6, 6.07) is 5.84. The van der Waals surface area contributed by atoms with E-state index in [-0.39, 0.29) is 6.04 Å². The lowest BCUT2D eigenvalue weighted by atomic mass is 10.1. The highest BCUT2D eigenvalue weighted by atomic mass is 35.5. The van der Waals surface area contributed by atoms with Crippen molar-refractivity contribution < 1.29 is 0 Å². The van der Waals surface area contributed by atoms with E-state index in [9.17, 15) is 0 Å². The van der Waals surface area contributed by atoms with E-state index in [1.54, 1.807) is 6.07 Å². The Bertz CT molecular complexity index is 614. The fourth-order valence-electron chi connectivity index (χ4n) is 2.02. The molecule has 1 N–H and O–H groups in total. The SMILES string of the molecule is CNC(C)c1cnc(Cc2ccc(Cl)c(Cl)c2)nc1C. The van der Waals surface area contributed by atoms with Crippen LogP contribution in [0.3, 0.4) is 0 Å². The second kappa shape index (κ2) is 6.53. The van der Waals surface area contributed by atoms with Gasteiger partial charge in [-0.15, -0.1) is 0 Å². The van der Waals surface area contributed by atoms with Crippen molar-refractivity contribution >= 4 is 23.2 Å². The van der Waals surface area contributed by atoms with Crippen molar-refractivity contribution in [3.63, 3.8) is 0 Å². The molecule has 2 rings (SSSR count). The molecular weight excluding hydrogens is 293 g/mol. The van der Waals surface area contributed by atoms with E-state index >= 15 is 0 Å². The van der Waals surface area contributed by atoms with E-state index in [2.05, 4.69) is 22.2 Å². The van der Waals surface area contributed by atoms with Gasteiger partial charge in [0, 0.05) is 29.9 Å². The summed E-state index contributed by atoms with van der Waals surface area (Å²) in [6.45, 7) is 4.09. The van der Waals surface area contributed by atoms with Crippen LogP contribution in [0.4, 0.5) is 0 Å². The zero-order valence-electron chi connectivity index (χ0n) is 11.7. The van der Waals surface area contributed by atoms with Crippen LogP contribution in [0.5, 0.6) is 0 Å². The van der Waals surface area contributed by atoms with E-state index in [0.717, 1.165) is 22.6 Å². The molecule has 1 aromatic heterocycles. The first-order valence-corrected chi connectivity index (χ1v) is 7.20. The largest absolute Gasteiger partial charge is 0.313 e. The zero-order valence-corrected chi connectivity index (χ0v) is 13.3. The Morgan fingerprint density at radius 2 is 2.00 bits per heavy atom. The van der Waals surface area contributed by atoms with Gasteiger partial charge in [-0.25, -0.2) is 9.97 Å². The molecule has 0 aliphatic carbocycles. The van der Waals surface area contributed by atoms with Gasteiger partial charge < -0.3 is 5.32 Å². The number of hydrogen-bond donors (Lipinski definition) is 1. The minimum Gasteiger partial charge on any atom is -0.313 e. The van der Waals surface area contributed by atoms with Gasteiger partial charge in [0.2, 0.25) is 0 Å². The third-order valence-corrected chi connectivity index (χ3v) is 4.05. The smallest absolute Gasteiger partial charge is 0.132 e. The van der Waals surface area contributed by atoms with E-state index in [1.165, 1.54) is 0 Å². The maximum absolute atomic E-state index is 6.02. The highest BCUT2D eigenvalue weighted by Crippen LogP contribution is 2.23. The predicted molar refractivity (Wildman–Crippen MR) is 83.5 cm³/mol. The summed E-state index contributed by atoms with van der Waals surface area (Å²) >= 11 is 11.9. The third-order valence-electron chi connectivity index (χ3n) is 3.31. The first-order valence-electron chi connectivity index (χ1n) is 6.45. The molecule has 0 spiro atoms. The van der Waals surface area contributed by atoms with Crippen molar-refractivity contribution in [1.82, 2.24) is 15.3 Å². The molecule has 0 amide bonds. The Kier molecular flexibility index (Phi) is 4.97. The molecule has 106 valence electrons. The molecular formula is C15H17Cl2N3. The molecule has 20 heavy (non-hydrogen) atoms. The van der Waals surface area contributed by atoms with Crippen molar-refractivity contribution in [1.29, 1.82) is 0 Å². The Hall–Kier alpha value is -1.16. The normalized spacial score (nSPS) is 12.4. The third kappa shape index (κ3) is 3.48. The molecule has 0 fully saturated rings. The van der Waals surface area contributed by atoms with Gasteiger partial charge in [0.25, 0.3) is 0 Å². The molecule has 2 aromatic rings. The van der Waals surface area contributed by atoms with E-state index in [4.69, 9.17) is 23.2 Å². The number of halogens is 2. The molecule has 5 heteroatoms. The molecule has 0 aliphatic heterocycles. The number of nitrogens with one attached hydrogen (secondary N) is 1. The van der Waals surface area contributed by atoms with Crippen LogP contribution in [-0.2, 0) is 6.42 Å². The minimum absolute atomic E-state index is 0.244. The fourth-order valence-corrected chi connectivity index (χ4v) is 2.34. The lowest BCUT2D eigenvalue weighted by molar-refractivity contribution is 0.638. The number of aromatic nitrogens is 2. The minimum atomic E-state index is 0.244. The lowest BCUT2D eigenvalue weighted by Gasteiger charge is -2.13. The van der Waals surface area contributed by atoms with E-state index in [1.807, 2.05) is 32.3 Å². The molecule has 1 aromatic carbocycles. The van der Waals surface area contributed by atoms with Gasteiger partial charge in [-0.2, -0.15) is 0 Å². The zero-order chi connectivity index (χ0) is 14.7. The first-order chi connectivity index (χ1) is 9.51. The van der Waals surface area contributed by atoms with Gasteiger partial charge in [0.05, 0.1) is 10.0 Å². The molecule has 0 radical (unpaired) electrons. The monoisotopic (exact) mass is 309 g/mol. The lowest BCUT2D eigenvalue weighted by Crippen LogP contribution is -2.15. The van der Waals surface area contributed by atoms with Gasteiger partial charge in [-0.3, -0.25) is 0 Å². The van der Waals surface area contributed by atoms with Crippen molar-refractivity contribution in [3.8, 4) is 0 Å². The molecule has 0 bridgehead atoms. The van der Waals surface area contributed by atoms with Gasteiger partial charge in [-0.1, -0.05) is 29.3 Å². The Morgan fingerprint density at radius 3 is 2.60 bits per heavy atom. The first kappa shape index (κ1) is 15.2. The Balaban J connectivity index is 2.22. The standard InChI is InChI=1S/C15H17Cl2N3/c1-9(18-3)12-8-19-15(20-10(12)2)7-11-4-5-13(16)14(17)6-11/h4-6,8-9,18H,7H2,1-3H3. The van der Waals surface area contributed by atoms with Gasteiger partial charge in [0.1, 0.15) is 5.82 Å². The molecule has 3 nitrogen and oxygen atoms in total. The van der Waals surface area contributed by atoms with Crippen LogP contribution in [0.2, 0.25) is 10.0 Å². The Labute approximate surface area is 129 Å². The quantitative estimate of drug-likeness (QED) is 0.929. The topological polar surface area (TPSA) is 37.8 Å². The van der Waals surface area contributed by atoms with Crippen molar-refractivity contribution in [2.75, 3.05) is 7.05 Å². The highest BCUT2D eigenvalue weighted by Gasteiger charge is 2.10. The van der Waals surface area contributed by atoms with Crippen LogP contribution in [0.25, 0.3) is 0 Å². The average Bonchev–Trinajstić information content (AvgIpc) is 2.42. The second-order valence-corrected chi connectivity index (χ2v) is 5.58. The van der Waals surface area contributed by atoms with Crippen LogP contribution < -0.4 is 5.32 Å². The van der Waals surface area contributed by atoms with Gasteiger partial charge in [0.15, 0.2) is 0 Å². The summed E-state index contributed by atoms with van der Waals surface area (Å²) in [6.07, 6.45) is 2.53. The number of nitrogens with zero attached hydrogens (tertiary/aromatic N) is 2. The Morgan fingerprint density at radius 1 is 1.25 bits per heavy atom. The molecule has 0 aliphatic rings. The van der Waals surface area contributed by atoms with Crippen molar-refractivity contribution in [3.05, 3.63) is 57.1 Å². The van der Waals surface area contributed by atoms with Crippen molar-refractivity contribution in [2.24, 2.45) is 0 Å². The summed E-state index contributed by atoms with van der Waals surface area (Å²) in [5, 5.41) is 4.31. The molecule has 1 unspecified atom stereocenters. The number of hydrogen-bond acceptors (Lipinski definition) is 3. The summed E-state index contributed by atoms with van der Waals surface area (Å²) in [4.78, 5) is 8.99. The molecule has 1 atom stereocenters. The van der Waals surface area contributed by atoms with Crippen LogP contribution in [0.15, 0.2) is 24.4 Å². The maximum Gasteiger partial charge on any atom is 0.132 e. The number of aryl methyl sites for hydroxylation is 1. The fraction of sp³-hybridized carbons (Fsp3) is 0.333. The predicted octanol–water partition coefficient (Wildman–Crippen LogP) is 3.96. The van der Waals surface area contributed by atoms with Gasteiger partial charge in [-0.05, 0) is 38.6 Å².